The van der Waals surface area contributed by atoms with E-state index in [1.807, 2.05) is 6.20 Å². The molecule has 1 unspecified atom stereocenters. The molecule has 0 saturated carbocycles. The van der Waals surface area contributed by atoms with Gasteiger partial charge in [-0.15, -0.1) is 0 Å². The van der Waals surface area contributed by atoms with Gasteiger partial charge in [-0.3, -0.25) is 4.98 Å². The summed E-state index contributed by atoms with van der Waals surface area (Å²) in [5, 5.41) is 0. The van der Waals surface area contributed by atoms with E-state index in [1.165, 1.54) is 30.9 Å². The average molecular weight is 218 g/mol. The molecule has 1 aliphatic heterocycles. The van der Waals surface area contributed by atoms with Crippen LogP contribution in [0.2, 0.25) is 0 Å². The van der Waals surface area contributed by atoms with Crippen LogP contribution in [0.25, 0.3) is 0 Å². The van der Waals surface area contributed by atoms with Gasteiger partial charge in [-0.05, 0) is 36.8 Å². The Morgan fingerprint density at radius 2 is 2.31 bits per heavy atom. The van der Waals surface area contributed by atoms with E-state index < -0.39 is 0 Å². The molecule has 1 atom stereocenters. The van der Waals surface area contributed by atoms with Crippen LogP contribution in [-0.4, -0.2) is 18.1 Å². The van der Waals surface area contributed by atoms with Gasteiger partial charge in [0.25, 0.3) is 0 Å². The highest BCUT2D eigenvalue weighted by atomic mass is 15.2. The predicted octanol–water partition coefficient (Wildman–Crippen LogP) is 3.13. The standard InChI is InChI=1S/C14H22N2/c1-4-13-9-14(5-7-15-13)16-8-6-12(10-16)11(2)3/h5,7,9,11-12H,4,6,8,10H2,1-3H3. The molecule has 2 nitrogen and oxygen atoms in total. The van der Waals surface area contributed by atoms with E-state index >= 15 is 0 Å². The van der Waals surface area contributed by atoms with Crippen LogP contribution in [-0.2, 0) is 6.42 Å². The van der Waals surface area contributed by atoms with Gasteiger partial charge < -0.3 is 4.90 Å². The summed E-state index contributed by atoms with van der Waals surface area (Å²) in [4.78, 5) is 6.86. The van der Waals surface area contributed by atoms with Gasteiger partial charge in [0.1, 0.15) is 0 Å². The Morgan fingerprint density at radius 3 is 2.94 bits per heavy atom. The van der Waals surface area contributed by atoms with Crippen molar-refractivity contribution in [2.24, 2.45) is 11.8 Å². The summed E-state index contributed by atoms with van der Waals surface area (Å²) < 4.78 is 0. The summed E-state index contributed by atoms with van der Waals surface area (Å²) in [6.07, 6.45) is 4.30. The van der Waals surface area contributed by atoms with E-state index in [-0.39, 0.29) is 0 Å². The molecule has 1 saturated heterocycles. The van der Waals surface area contributed by atoms with Crippen LogP contribution in [0.15, 0.2) is 18.3 Å². The van der Waals surface area contributed by atoms with Gasteiger partial charge in [0, 0.05) is 30.7 Å². The smallest absolute Gasteiger partial charge is 0.0421 e. The topological polar surface area (TPSA) is 16.1 Å². The van der Waals surface area contributed by atoms with Crippen molar-refractivity contribution in [3.63, 3.8) is 0 Å². The van der Waals surface area contributed by atoms with E-state index in [2.05, 4.69) is 42.8 Å². The van der Waals surface area contributed by atoms with Gasteiger partial charge in [0.15, 0.2) is 0 Å². The number of anilines is 1. The molecule has 1 aliphatic rings. The summed E-state index contributed by atoms with van der Waals surface area (Å²) in [5.41, 5.74) is 2.56. The van der Waals surface area contributed by atoms with Crippen LogP contribution in [0.1, 0.15) is 32.9 Å². The van der Waals surface area contributed by atoms with Crippen LogP contribution in [0, 0.1) is 11.8 Å². The zero-order valence-corrected chi connectivity index (χ0v) is 10.6. The zero-order chi connectivity index (χ0) is 11.5. The molecular weight excluding hydrogens is 196 g/mol. The molecule has 0 radical (unpaired) electrons. The molecule has 0 aliphatic carbocycles. The Balaban J connectivity index is 2.08. The maximum absolute atomic E-state index is 4.36. The minimum absolute atomic E-state index is 0.803. The molecule has 1 aromatic rings. The SMILES string of the molecule is CCc1cc(N2CCC(C(C)C)C2)ccn1. The highest BCUT2D eigenvalue weighted by Crippen LogP contribution is 2.28. The first-order valence-electron chi connectivity index (χ1n) is 6.40. The van der Waals surface area contributed by atoms with E-state index in [1.54, 1.807) is 0 Å². The molecule has 1 fully saturated rings. The molecule has 88 valence electrons. The number of rotatable bonds is 3. The molecule has 0 spiro atoms. The van der Waals surface area contributed by atoms with Crippen LogP contribution in [0.4, 0.5) is 5.69 Å². The Hall–Kier alpha value is -1.05. The fourth-order valence-corrected chi connectivity index (χ4v) is 2.42. The molecule has 0 amide bonds. The summed E-state index contributed by atoms with van der Waals surface area (Å²) in [6, 6.07) is 4.38. The van der Waals surface area contributed by atoms with Crippen molar-refractivity contribution in [2.75, 3.05) is 18.0 Å². The third kappa shape index (κ3) is 2.37. The monoisotopic (exact) mass is 218 g/mol. The highest BCUT2D eigenvalue weighted by Gasteiger charge is 2.24. The molecule has 0 N–H and O–H groups in total. The van der Waals surface area contributed by atoms with Crippen molar-refractivity contribution in [1.82, 2.24) is 4.98 Å². The third-order valence-electron chi connectivity index (χ3n) is 3.70. The van der Waals surface area contributed by atoms with Gasteiger partial charge in [0.05, 0.1) is 0 Å². The number of aryl methyl sites for hydroxylation is 1. The molecular formula is C14H22N2. The first-order chi connectivity index (χ1) is 7.70. The fraction of sp³-hybridized carbons (Fsp3) is 0.643. The van der Waals surface area contributed by atoms with Crippen LogP contribution < -0.4 is 4.90 Å². The largest absolute Gasteiger partial charge is 0.371 e. The van der Waals surface area contributed by atoms with Crippen LogP contribution >= 0.6 is 0 Å². The van der Waals surface area contributed by atoms with Gasteiger partial charge in [0.2, 0.25) is 0 Å². The Morgan fingerprint density at radius 1 is 1.50 bits per heavy atom. The van der Waals surface area contributed by atoms with Crippen LogP contribution in [0.5, 0.6) is 0 Å². The summed E-state index contributed by atoms with van der Waals surface area (Å²) in [7, 11) is 0. The van der Waals surface area contributed by atoms with E-state index in [0.29, 0.717) is 0 Å². The molecule has 2 heterocycles. The van der Waals surface area contributed by atoms with Gasteiger partial charge >= 0.3 is 0 Å². The molecule has 0 bridgehead atoms. The van der Waals surface area contributed by atoms with Gasteiger partial charge in [-0.2, -0.15) is 0 Å². The lowest BCUT2D eigenvalue weighted by atomic mass is 9.95. The lowest BCUT2D eigenvalue weighted by Gasteiger charge is -2.20. The normalized spacial score (nSPS) is 20.8. The van der Waals surface area contributed by atoms with Gasteiger partial charge in [-0.25, -0.2) is 0 Å². The quantitative estimate of drug-likeness (QED) is 0.775. The Bertz CT molecular complexity index is 346. The van der Waals surface area contributed by atoms with Crippen molar-refractivity contribution < 1.29 is 0 Å². The predicted molar refractivity (Wildman–Crippen MR) is 68.8 cm³/mol. The first kappa shape index (κ1) is 11.4. The van der Waals surface area contributed by atoms with Crippen LogP contribution in [0.3, 0.4) is 0 Å². The molecule has 2 rings (SSSR count). The fourth-order valence-electron chi connectivity index (χ4n) is 2.42. The number of aromatic nitrogens is 1. The second kappa shape index (κ2) is 4.86. The minimum Gasteiger partial charge on any atom is -0.371 e. The van der Waals surface area contributed by atoms with E-state index in [4.69, 9.17) is 0 Å². The first-order valence-corrected chi connectivity index (χ1v) is 6.40. The minimum atomic E-state index is 0.803. The molecule has 0 aromatic carbocycles. The Kier molecular flexibility index (Phi) is 3.47. The van der Waals surface area contributed by atoms with Gasteiger partial charge in [-0.1, -0.05) is 20.8 Å². The number of nitrogens with zero attached hydrogens (tertiary/aromatic N) is 2. The Labute approximate surface area is 98.7 Å². The zero-order valence-electron chi connectivity index (χ0n) is 10.6. The maximum atomic E-state index is 4.36. The average Bonchev–Trinajstić information content (AvgIpc) is 2.78. The number of pyridine rings is 1. The third-order valence-corrected chi connectivity index (χ3v) is 3.70. The summed E-state index contributed by atoms with van der Waals surface area (Å²) >= 11 is 0. The van der Waals surface area contributed by atoms with Crippen molar-refractivity contribution in [3.8, 4) is 0 Å². The molecule has 2 heteroatoms. The number of hydrogen-bond donors (Lipinski definition) is 0. The highest BCUT2D eigenvalue weighted by molar-refractivity contribution is 5.47. The van der Waals surface area contributed by atoms with Crippen molar-refractivity contribution >= 4 is 5.69 Å². The lowest BCUT2D eigenvalue weighted by molar-refractivity contribution is 0.423. The van der Waals surface area contributed by atoms with E-state index in [9.17, 15) is 0 Å². The maximum Gasteiger partial charge on any atom is 0.0421 e. The second-order valence-corrected chi connectivity index (χ2v) is 5.10. The molecule has 16 heavy (non-hydrogen) atoms. The second-order valence-electron chi connectivity index (χ2n) is 5.10. The number of hydrogen-bond acceptors (Lipinski definition) is 2. The summed E-state index contributed by atoms with van der Waals surface area (Å²) in [5.74, 6) is 1.66. The van der Waals surface area contributed by atoms with Crippen molar-refractivity contribution in [3.05, 3.63) is 24.0 Å². The van der Waals surface area contributed by atoms with E-state index in [0.717, 1.165) is 18.3 Å². The molecule has 1 aromatic heterocycles. The van der Waals surface area contributed by atoms with Crippen molar-refractivity contribution in [1.29, 1.82) is 0 Å². The lowest BCUT2D eigenvalue weighted by Crippen LogP contribution is -2.21. The summed E-state index contributed by atoms with van der Waals surface area (Å²) in [6.45, 7) is 9.24. The van der Waals surface area contributed by atoms with Crippen molar-refractivity contribution in [2.45, 2.75) is 33.6 Å².